The first-order chi connectivity index (χ1) is 16.0. The number of aromatic amines is 1. The van der Waals surface area contributed by atoms with Gasteiger partial charge in [-0.05, 0) is 66.8 Å². The van der Waals surface area contributed by atoms with E-state index in [0.717, 1.165) is 39.6 Å². The van der Waals surface area contributed by atoms with Gasteiger partial charge < -0.3 is 15.0 Å². The number of carboxylic acids is 1. The van der Waals surface area contributed by atoms with E-state index in [1.165, 1.54) is 30.7 Å². The van der Waals surface area contributed by atoms with Gasteiger partial charge in [0.25, 0.3) is 0 Å². The zero-order chi connectivity index (χ0) is 22.7. The van der Waals surface area contributed by atoms with Crippen molar-refractivity contribution >= 4 is 39.3 Å². The van der Waals surface area contributed by atoms with E-state index in [-0.39, 0.29) is 5.56 Å². The second-order valence-corrected chi connectivity index (χ2v) is 8.71. The van der Waals surface area contributed by atoms with Crippen LogP contribution in [0.1, 0.15) is 34.7 Å². The molecule has 2 N–H and O–H groups in total. The minimum atomic E-state index is -0.983. The third kappa shape index (κ3) is 3.24. The summed E-state index contributed by atoms with van der Waals surface area (Å²) in [6, 6.07) is 18.4. The Morgan fingerprint density at radius 2 is 1.82 bits per heavy atom. The molecule has 0 atom stereocenters. The third-order valence-corrected chi connectivity index (χ3v) is 6.54. The number of nitrogens with one attached hydrogen (secondary N) is 1. The van der Waals surface area contributed by atoms with Crippen LogP contribution in [0, 0.1) is 0 Å². The van der Waals surface area contributed by atoms with Crippen molar-refractivity contribution in [2.45, 2.75) is 18.8 Å². The summed E-state index contributed by atoms with van der Waals surface area (Å²) in [4.78, 5) is 21.3. The van der Waals surface area contributed by atoms with Crippen molar-refractivity contribution in [1.82, 2.24) is 19.7 Å². The van der Waals surface area contributed by atoms with Crippen LogP contribution in [0.2, 0.25) is 0 Å². The minimum absolute atomic E-state index is 0.203. The smallest absolute Gasteiger partial charge is 0.337 e. The van der Waals surface area contributed by atoms with E-state index in [0.29, 0.717) is 11.0 Å². The van der Waals surface area contributed by atoms with Crippen LogP contribution in [0.15, 0.2) is 60.8 Å². The highest BCUT2D eigenvalue weighted by molar-refractivity contribution is 6.03. The van der Waals surface area contributed by atoms with Crippen LogP contribution < -0.4 is 4.90 Å². The van der Waals surface area contributed by atoms with Gasteiger partial charge in [-0.2, -0.15) is 5.10 Å². The summed E-state index contributed by atoms with van der Waals surface area (Å²) >= 11 is 0. The molecule has 1 aliphatic carbocycles. The van der Waals surface area contributed by atoms with Crippen molar-refractivity contribution in [2.24, 2.45) is 7.05 Å². The molecule has 0 bridgehead atoms. The fraction of sp³-hybridized carbons (Fsp3) is 0.192. The molecule has 6 rings (SSSR count). The Labute approximate surface area is 190 Å². The number of carbonyl (C=O) groups is 1. The fourth-order valence-electron chi connectivity index (χ4n) is 4.58. The molecular weight excluding hydrogens is 414 g/mol. The van der Waals surface area contributed by atoms with Crippen LogP contribution >= 0.6 is 0 Å². The zero-order valence-electron chi connectivity index (χ0n) is 18.4. The predicted octanol–water partition coefficient (Wildman–Crippen LogP) is 5.46. The summed E-state index contributed by atoms with van der Waals surface area (Å²) in [5.41, 5.74) is 7.50. The largest absolute Gasteiger partial charge is 0.478 e. The summed E-state index contributed by atoms with van der Waals surface area (Å²) < 4.78 is 1.82. The number of pyridine rings is 1. The molecule has 3 heterocycles. The number of H-pyrrole nitrogens is 1. The number of hydrogen-bond donors (Lipinski definition) is 2. The minimum Gasteiger partial charge on any atom is -0.478 e. The van der Waals surface area contributed by atoms with Crippen molar-refractivity contribution in [1.29, 1.82) is 0 Å². The van der Waals surface area contributed by atoms with E-state index in [2.05, 4.69) is 64.4 Å². The standard InChI is InChI=1S/C26H23N5O2/c1-30(17-7-5-16(6-8-17)15-3-4-15)18-9-10-19-21(13-18)29-31(2)25(19)23-14-22-24(28-23)20(26(32)33)11-12-27-22/h5-15,28H,3-4H2,1-2H3,(H,32,33). The van der Waals surface area contributed by atoms with Crippen molar-refractivity contribution < 1.29 is 9.90 Å². The van der Waals surface area contributed by atoms with Gasteiger partial charge in [0, 0.05) is 37.1 Å². The van der Waals surface area contributed by atoms with Crippen LogP contribution in [0.5, 0.6) is 0 Å². The summed E-state index contributed by atoms with van der Waals surface area (Å²) in [7, 11) is 3.96. The lowest BCUT2D eigenvalue weighted by molar-refractivity contribution is 0.0698. The summed E-state index contributed by atoms with van der Waals surface area (Å²) in [5, 5.41) is 15.2. The lowest BCUT2D eigenvalue weighted by atomic mass is 10.1. The first kappa shape index (κ1) is 19.5. The summed E-state index contributed by atoms with van der Waals surface area (Å²) in [6.07, 6.45) is 4.12. The molecule has 0 amide bonds. The molecule has 1 fully saturated rings. The Morgan fingerprint density at radius 3 is 2.55 bits per heavy atom. The Kier molecular flexibility index (Phi) is 4.26. The number of benzene rings is 2. The topological polar surface area (TPSA) is 87.0 Å². The number of nitrogens with zero attached hydrogens (tertiary/aromatic N) is 4. The number of aryl methyl sites for hydroxylation is 1. The Hall–Kier alpha value is -4.13. The van der Waals surface area contributed by atoms with Crippen molar-refractivity contribution in [3.63, 3.8) is 0 Å². The monoisotopic (exact) mass is 437 g/mol. The highest BCUT2D eigenvalue weighted by Crippen LogP contribution is 2.41. The number of rotatable bonds is 5. The quantitative estimate of drug-likeness (QED) is 0.381. The van der Waals surface area contributed by atoms with Crippen LogP contribution in [-0.2, 0) is 7.05 Å². The van der Waals surface area contributed by atoms with E-state index in [1.807, 2.05) is 17.8 Å². The Balaban J connectivity index is 1.39. The molecule has 2 aromatic carbocycles. The molecule has 33 heavy (non-hydrogen) atoms. The van der Waals surface area contributed by atoms with Crippen molar-refractivity contribution in [2.75, 3.05) is 11.9 Å². The average molecular weight is 438 g/mol. The SMILES string of the molecule is CN(c1ccc(C2CC2)cc1)c1ccc2c(-c3cc4nccc(C(=O)O)c4[nH]3)n(C)nc2c1. The molecule has 1 saturated carbocycles. The molecule has 0 unspecified atom stereocenters. The summed E-state index contributed by atoms with van der Waals surface area (Å²) in [6.45, 7) is 0. The molecule has 7 heteroatoms. The zero-order valence-corrected chi connectivity index (χ0v) is 18.4. The van der Waals surface area contributed by atoms with Crippen LogP contribution in [-0.4, -0.2) is 37.9 Å². The lowest BCUT2D eigenvalue weighted by Crippen LogP contribution is -2.09. The number of hydrogen-bond acceptors (Lipinski definition) is 4. The summed E-state index contributed by atoms with van der Waals surface area (Å²) in [5.74, 6) is -0.234. The van der Waals surface area contributed by atoms with E-state index < -0.39 is 5.97 Å². The van der Waals surface area contributed by atoms with Gasteiger partial charge in [0.2, 0.25) is 0 Å². The highest BCUT2D eigenvalue weighted by atomic mass is 16.4. The molecule has 0 aliphatic heterocycles. The molecule has 0 spiro atoms. The number of aromatic nitrogens is 4. The van der Waals surface area contributed by atoms with Gasteiger partial charge in [0.15, 0.2) is 0 Å². The lowest BCUT2D eigenvalue weighted by Gasteiger charge is -2.20. The highest BCUT2D eigenvalue weighted by Gasteiger charge is 2.23. The molecule has 7 nitrogen and oxygen atoms in total. The van der Waals surface area contributed by atoms with Gasteiger partial charge in [0.05, 0.1) is 33.5 Å². The third-order valence-electron chi connectivity index (χ3n) is 6.54. The predicted molar refractivity (Wildman–Crippen MR) is 129 cm³/mol. The van der Waals surface area contributed by atoms with E-state index >= 15 is 0 Å². The van der Waals surface area contributed by atoms with Crippen molar-refractivity contribution in [3.8, 4) is 11.4 Å². The molecule has 1 aliphatic rings. The van der Waals surface area contributed by atoms with Crippen LogP contribution in [0.3, 0.4) is 0 Å². The molecular formula is C26H23N5O2. The number of carboxylic acid groups (broad SMARTS) is 1. The Morgan fingerprint density at radius 1 is 1.06 bits per heavy atom. The maximum absolute atomic E-state index is 11.6. The van der Waals surface area contributed by atoms with Crippen molar-refractivity contribution in [3.05, 3.63) is 71.9 Å². The number of aromatic carboxylic acids is 1. The second-order valence-electron chi connectivity index (χ2n) is 8.71. The maximum atomic E-state index is 11.6. The van der Waals surface area contributed by atoms with E-state index in [9.17, 15) is 9.90 Å². The van der Waals surface area contributed by atoms with Gasteiger partial charge in [-0.3, -0.25) is 9.67 Å². The van der Waals surface area contributed by atoms with Gasteiger partial charge in [-0.15, -0.1) is 0 Å². The van der Waals surface area contributed by atoms with Gasteiger partial charge in [-0.25, -0.2) is 4.79 Å². The normalized spacial score (nSPS) is 13.6. The molecule has 0 saturated heterocycles. The van der Waals surface area contributed by atoms with E-state index in [1.54, 1.807) is 0 Å². The van der Waals surface area contributed by atoms with Gasteiger partial charge in [-0.1, -0.05) is 12.1 Å². The number of anilines is 2. The van der Waals surface area contributed by atoms with Crippen LogP contribution in [0.4, 0.5) is 11.4 Å². The average Bonchev–Trinajstić information content (AvgIpc) is 3.49. The first-order valence-corrected chi connectivity index (χ1v) is 11.0. The van der Waals surface area contributed by atoms with E-state index in [4.69, 9.17) is 5.10 Å². The fourth-order valence-corrected chi connectivity index (χ4v) is 4.58. The van der Waals surface area contributed by atoms with Gasteiger partial charge in [0.1, 0.15) is 0 Å². The molecule has 3 aromatic heterocycles. The maximum Gasteiger partial charge on any atom is 0.337 e. The molecule has 0 radical (unpaired) electrons. The first-order valence-electron chi connectivity index (χ1n) is 11.0. The number of fused-ring (bicyclic) bond motifs is 2. The van der Waals surface area contributed by atoms with Gasteiger partial charge >= 0.3 is 5.97 Å². The molecule has 164 valence electrons. The Bertz CT molecular complexity index is 1530. The molecule has 5 aromatic rings. The van der Waals surface area contributed by atoms with Crippen LogP contribution in [0.25, 0.3) is 33.3 Å². The second kappa shape index (κ2) is 7.20.